The van der Waals surface area contributed by atoms with Crippen LogP contribution in [0.15, 0.2) is 32.9 Å². The third-order valence-electron chi connectivity index (χ3n) is 3.06. The molecule has 1 amide bonds. The number of hydrogen-bond donors (Lipinski definition) is 1. The molecular weight excluding hydrogens is 378 g/mol. The van der Waals surface area contributed by atoms with Gasteiger partial charge < -0.3 is 14.8 Å². The molecule has 1 aromatic carbocycles. The van der Waals surface area contributed by atoms with Crippen molar-refractivity contribution in [1.29, 1.82) is 0 Å². The predicted octanol–water partition coefficient (Wildman–Crippen LogP) is 3.08. The highest BCUT2D eigenvalue weighted by atomic mass is 32.2. The van der Waals surface area contributed by atoms with Crippen LogP contribution in [0.5, 0.6) is 5.75 Å². The van der Waals surface area contributed by atoms with Crippen LogP contribution in [0.25, 0.3) is 0 Å². The lowest BCUT2D eigenvalue weighted by molar-refractivity contribution is -0.119. The fraction of sp³-hybridized carbons (Fsp3) is 0.438. The van der Waals surface area contributed by atoms with Crippen molar-refractivity contribution >= 4 is 40.8 Å². The second-order valence-electron chi connectivity index (χ2n) is 5.18. The molecule has 1 N–H and O–H groups in total. The van der Waals surface area contributed by atoms with Gasteiger partial charge in [-0.3, -0.25) is 4.79 Å². The number of benzene rings is 1. The number of carbonyl (C=O) groups is 1. The van der Waals surface area contributed by atoms with Crippen LogP contribution in [0, 0.1) is 0 Å². The number of methoxy groups -OCH3 is 2. The van der Waals surface area contributed by atoms with Crippen molar-refractivity contribution in [3.63, 3.8) is 0 Å². The van der Waals surface area contributed by atoms with Crippen LogP contribution in [0.2, 0.25) is 0 Å². The summed E-state index contributed by atoms with van der Waals surface area (Å²) in [7, 11) is 3.27. The highest BCUT2D eigenvalue weighted by Gasteiger charge is 2.11. The minimum absolute atomic E-state index is 0.00290. The zero-order valence-corrected chi connectivity index (χ0v) is 16.8. The summed E-state index contributed by atoms with van der Waals surface area (Å²) in [4.78, 5) is 11.8. The Kier molecular flexibility index (Phi) is 8.53. The Hall–Kier alpha value is -1.29. The Labute approximate surface area is 160 Å². The molecule has 0 unspecified atom stereocenters. The highest BCUT2D eigenvalue weighted by molar-refractivity contribution is 8.03. The molecule has 2 aromatic rings. The minimum atomic E-state index is -0.0304. The molecule has 25 heavy (non-hydrogen) atoms. The molecule has 136 valence electrons. The van der Waals surface area contributed by atoms with Crippen LogP contribution in [-0.2, 0) is 15.3 Å². The van der Waals surface area contributed by atoms with Crippen LogP contribution in [0.4, 0.5) is 0 Å². The van der Waals surface area contributed by atoms with Crippen molar-refractivity contribution in [3.8, 4) is 5.75 Å². The highest BCUT2D eigenvalue weighted by Crippen LogP contribution is 2.30. The van der Waals surface area contributed by atoms with E-state index in [1.807, 2.05) is 31.2 Å². The Morgan fingerprint density at radius 1 is 1.20 bits per heavy atom. The Morgan fingerprint density at radius 3 is 2.52 bits per heavy atom. The number of ether oxygens (including phenoxy) is 2. The van der Waals surface area contributed by atoms with Crippen molar-refractivity contribution in [2.45, 2.75) is 27.4 Å². The van der Waals surface area contributed by atoms with Gasteiger partial charge in [-0.05, 0) is 24.6 Å². The number of aromatic nitrogens is 2. The maximum atomic E-state index is 11.8. The monoisotopic (exact) mass is 399 g/mol. The van der Waals surface area contributed by atoms with E-state index in [1.165, 1.54) is 28.7 Å². The molecular formula is C16H21N3O3S3. The van der Waals surface area contributed by atoms with E-state index in [-0.39, 0.29) is 11.9 Å². The molecule has 0 spiro atoms. The largest absolute Gasteiger partial charge is 0.497 e. The first-order valence-electron chi connectivity index (χ1n) is 7.61. The summed E-state index contributed by atoms with van der Waals surface area (Å²) in [5.74, 6) is 1.96. The zero-order chi connectivity index (χ0) is 18.1. The summed E-state index contributed by atoms with van der Waals surface area (Å²) in [6, 6.07) is 7.96. The number of rotatable bonds is 10. The van der Waals surface area contributed by atoms with Crippen molar-refractivity contribution in [2.75, 3.05) is 26.6 Å². The van der Waals surface area contributed by atoms with E-state index in [0.717, 1.165) is 20.2 Å². The molecule has 1 heterocycles. The summed E-state index contributed by atoms with van der Waals surface area (Å²) in [5.41, 5.74) is 1.20. The van der Waals surface area contributed by atoms with Crippen LogP contribution < -0.4 is 10.1 Å². The number of thioether (sulfide) groups is 2. The molecule has 1 atom stereocenters. The number of nitrogens with one attached hydrogen (secondary N) is 1. The molecule has 0 saturated heterocycles. The first-order chi connectivity index (χ1) is 12.1. The lowest BCUT2D eigenvalue weighted by Gasteiger charge is -2.11. The predicted molar refractivity (Wildman–Crippen MR) is 103 cm³/mol. The molecule has 9 heteroatoms. The zero-order valence-electron chi connectivity index (χ0n) is 14.4. The molecule has 0 saturated carbocycles. The Bertz CT molecular complexity index is 664. The van der Waals surface area contributed by atoms with E-state index in [9.17, 15) is 4.79 Å². The second-order valence-corrected chi connectivity index (χ2v) is 8.61. The van der Waals surface area contributed by atoms with Crippen LogP contribution in [0.1, 0.15) is 12.5 Å². The second kappa shape index (κ2) is 10.6. The summed E-state index contributed by atoms with van der Waals surface area (Å²) in [5, 5.41) is 11.2. The fourth-order valence-corrected chi connectivity index (χ4v) is 4.70. The van der Waals surface area contributed by atoms with Gasteiger partial charge in [-0.1, -0.05) is 47.0 Å². The number of nitrogens with zero attached hydrogens (tertiary/aromatic N) is 2. The first kappa shape index (κ1) is 20.0. The number of carbonyl (C=O) groups excluding carboxylic acids is 1. The maximum absolute atomic E-state index is 11.8. The van der Waals surface area contributed by atoms with Gasteiger partial charge in [0.15, 0.2) is 8.68 Å². The van der Waals surface area contributed by atoms with E-state index in [2.05, 4.69) is 15.5 Å². The van der Waals surface area contributed by atoms with E-state index in [1.54, 1.807) is 26.0 Å². The van der Waals surface area contributed by atoms with Crippen LogP contribution >= 0.6 is 34.9 Å². The van der Waals surface area contributed by atoms with Crippen molar-refractivity contribution in [1.82, 2.24) is 15.5 Å². The van der Waals surface area contributed by atoms with Gasteiger partial charge in [-0.25, -0.2) is 0 Å². The van der Waals surface area contributed by atoms with Gasteiger partial charge in [-0.2, -0.15) is 0 Å². The van der Waals surface area contributed by atoms with Gasteiger partial charge in [0.25, 0.3) is 0 Å². The van der Waals surface area contributed by atoms with E-state index in [4.69, 9.17) is 9.47 Å². The van der Waals surface area contributed by atoms with Crippen molar-refractivity contribution in [3.05, 3.63) is 29.8 Å². The summed E-state index contributed by atoms with van der Waals surface area (Å²) in [6.45, 7) is 2.41. The van der Waals surface area contributed by atoms with Gasteiger partial charge in [-0.15, -0.1) is 10.2 Å². The molecule has 0 aliphatic heterocycles. The third kappa shape index (κ3) is 7.23. The van der Waals surface area contributed by atoms with Gasteiger partial charge in [0.2, 0.25) is 5.91 Å². The summed E-state index contributed by atoms with van der Waals surface area (Å²) < 4.78 is 11.8. The van der Waals surface area contributed by atoms with Gasteiger partial charge >= 0.3 is 0 Å². The van der Waals surface area contributed by atoms with E-state index >= 15 is 0 Å². The number of hydrogen-bond acceptors (Lipinski definition) is 8. The molecule has 6 nitrogen and oxygen atoms in total. The maximum Gasteiger partial charge on any atom is 0.230 e. The van der Waals surface area contributed by atoms with Crippen LogP contribution in [-0.4, -0.2) is 48.7 Å². The number of amides is 1. The van der Waals surface area contributed by atoms with Gasteiger partial charge in [0.05, 0.1) is 19.5 Å². The molecule has 0 fully saturated rings. The average molecular weight is 400 g/mol. The molecule has 0 radical (unpaired) electrons. The van der Waals surface area contributed by atoms with Gasteiger partial charge in [0, 0.05) is 18.9 Å². The first-order valence-corrected chi connectivity index (χ1v) is 10.4. The van der Waals surface area contributed by atoms with Gasteiger partial charge in [0.1, 0.15) is 5.75 Å². The van der Waals surface area contributed by atoms with E-state index in [0.29, 0.717) is 12.4 Å². The van der Waals surface area contributed by atoms with Crippen molar-refractivity contribution in [2.24, 2.45) is 0 Å². The van der Waals surface area contributed by atoms with Crippen molar-refractivity contribution < 1.29 is 14.3 Å². The summed E-state index contributed by atoms with van der Waals surface area (Å²) in [6.07, 6.45) is 0. The molecule has 2 rings (SSSR count). The Balaban J connectivity index is 1.74. The topological polar surface area (TPSA) is 73.3 Å². The quantitative estimate of drug-likeness (QED) is 0.616. The molecule has 0 aliphatic carbocycles. The lowest BCUT2D eigenvalue weighted by Crippen LogP contribution is -2.36. The normalized spacial score (nSPS) is 12.0. The smallest absolute Gasteiger partial charge is 0.230 e. The third-order valence-corrected chi connectivity index (χ3v) is 6.32. The van der Waals surface area contributed by atoms with Crippen LogP contribution in [0.3, 0.4) is 0 Å². The fourth-order valence-electron chi connectivity index (χ4n) is 1.92. The molecule has 0 bridgehead atoms. The average Bonchev–Trinajstić information content (AvgIpc) is 3.07. The van der Waals surface area contributed by atoms with E-state index < -0.39 is 0 Å². The minimum Gasteiger partial charge on any atom is -0.497 e. The molecule has 0 aliphatic rings. The molecule has 1 aromatic heterocycles. The standard InChI is InChI=1S/C16H21N3O3S3/c1-11(8-21-2)17-14(20)10-24-16-19-18-15(25-16)23-9-12-4-6-13(22-3)7-5-12/h4-7,11H,8-10H2,1-3H3,(H,17,20)/t11-/m1/s1. The SMILES string of the molecule is COC[C@@H](C)NC(=O)CSc1nnc(SCc2ccc(OC)cc2)s1. The lowest BCUT2D eigenvalue weighted by atomic mass is 10.2. The Morgan fingerprint density at radius 2 is 1.88 bits per heavy atom. The summed E-state index contributed by atoms with van der Waals surface area (Å²) >= 11 is 4.54.